The van der Waals surface area contributed by atoms with Gasteiger partial charge in [-0.15, -0.1) is 22.7 Å². The molecular formula is C30H20Cl2N4O4S2. The lowest BCUT2D eigenvalue weighted by Gasteiger charge is -2.35. The van der Waals surface area contributed by atoms with Gasteiger partial charge >= 0.3 is 0 Å². The van der Waals surface area contributed by atoms with E-state index in [9.17, 15) is 19.2 Å². The van der Waals surface area contributed by atoms with E-state index in [1.807, 2.05) is 45.0 Å². The van der Waals surface area contributed by atoms with Crippen LogP contribution in [0.5, 0.6) is 0 Å². The Labute approximate surface area is 258 Å². The molecule has 4 aliphatic rings. The first-order valence-electron chi connectivity index (χ1n) is 13.3. The highest BCUT2D eigenvalue weighted by molar-refractivity contribution is 7.10. The normalized spacial score (nSPS) is 29.1. The Morgan fingerprint density at radius 3 is 1.21 bits per heavy atom. The highest BCUT2D eigenvalue weighted by atomic mass is 35.5. The van der Waals surface area contributed by atoms with Crippen LogP contribution < -0.4 is 9.80 Å². The minimum atomic E-state index is -0.887. The van der Waals surface area contributed by atoms with Crippen LogP contribution in [-0.2, 0) is 19.2 Å². The number of hydrogen-bond donors (Lipinski definition) is 0. The number of hydrazine groups is 1. The zero-order valence-corrected chi connectivity index (χ0v) is 24.7. The quantitative estimate of drug-likeness (QED) is 0.273. The second kappa shape index (κ2) is 9.57. The lowest BCUT2D eigenvalue weighted by Crippen LogP contribution is -2.50. The molecule has 2 aromatic heterocycles. The number of benzene rings is 2. The van der Waals surface area contributed by atoms with Crippen molar-refractivity contribution in [2.24, 2.45) is 11.8 Å². The van der Waals surface area contributed by atoms with Crippen LogP contribution in [0.3, 0.4) is 0 Å². The summed E-state index contributed by atoms with van der Waals surface area (Å²) in [6.07, 6.45) is 0. The molecule has 8 nitrogen and oxygen atoms in total. The summed E-state index contributed by atoms with van der Waals surface area (Å²) < 4.78 is 0. The molecule has 0 N–H and O–H groups in total. The molecule has 4 aromatic rings. The Balaban J connectivity index is 1.30. The zero-order chi connectivity index (χ0) is 28.9. The maximum atomic E-state index is 14.3. The number of anilines is 2. The number of imide groups is 2. The summed E-state index contributed by atoms with van der Waals surface area (Å²) in [6.45, 7) is 0. The number of hydrogen-bond acceptors (Lipinski definition) is 8. The van der Waals surface area contributed by atoms with Crippen LogP contribution in [0.1, 0.15) is 21.8 Å². The van der Waals surface area contributed by atoms with E-state index in [1.54, 1.807) is 48.5 Å². The third-order valence-electron chi connectivity index (χ3n) is 8.56. The standard InChI is InChI=1S/C30H20Cl2N4O4S2/c31-15-5-9-17(10-6-15)33-27(37)21-23(19-3-1-13-41-19)35-26-22(24(20-4-2-14-42-20)36(35)25(21)29(33)39)28(38)34(30(26)40)18-11-7-16(32)8-12-18/h1-14,21-26H/t21-,22-,23+,24+,25+,26+/m0/s1. The van der Waals surface area contributed by atoms with Gasteiger partial charge in [-0.2, -0.15) is 0 Å². The minimum Gasteiger partial charge on any atom is -0.274 e. The van der Waals surface area contributed by atoms with E-state index >= 15 is 0 Å². The lowest BCUT2D eigenvalue weighted by molar-refractivity contribution is -0.135. The Bertz CT molecular complexity index is 1620. The van der Waals surface area contributed by atoms with Gasteiger partial charge in [-0.25, -0.2) is 19.8 Å². The predicted octanol–water partition coefficient (Wildman–Crippen LogP) is 5.56. The van der Waals surface area contributed by atoms with E-state index in [0.29, 0.717) is 21.4 Å². The average molecular weight is 636 g/mol. The molecule has 0 aliphatic carbocycles. The number of halogens is 2. The second-order valence-electron chi connectivity index (χ2n) is 10.6. The monoisotopic (exact) mass is 634 g/mol. The van der Waals surface area contributed by atoms with Crippen molar-refractivity contribution >= 4 is 80.9 Å². The molecule has 0 unspecified atom stereocenters. The Hall–Kier alpha value is -3.38. The summed E-state index contributed by atoms with van der Waals surface area (Å²) in [4.78, 5) is 61.1. The second-order valence-corrected chi connectivity index (χ2v) is 13.4. The summed E-state index contributed by atoms with van der Waals surface area (Å²) in [7, 11) is 0. The molecule has 6 atom stereocenters. The number of thiophene rings is 2. The van der Waals surface area contributed by atoms with Gasteiger partial charge in [0.25, 0.3) is 11.8 Å². The van der Waals surface area contributed by atoms with E-state index in [4.69, 9.17) is 23.2 Å². The van der Waals surface area contributed by atoms with Crippen molar-refractivity contribution in [2.45, 2.75) is 24.2 Å². The molecule has 4 aliphatic heterocycles. The number of nitrogens with zero attached hydrogens (tertiary/aromatic N) is 4. The van der Waals surface area contributed by atoms with Crippen molar-refractivity contribution in [3.8, 4) is 0 Å². The maximum Gasteiger partial charge on any atom is 0.253 e. The first kappa shape index (κ1) is 26.3. The van der Waals surface area contributed by atoms with Crippen LogP contribution in [0.4, 0.5) is 11.4 Å². The fraction of sp³-hybridized carbons (Fsp3) is 0.200. The van der Waals surface area contributed by atoms with E-state index in [0.717, 1.165) is 9.75 Å². The van der Waals surface area contributed by atoms with Crippen LogP contribution in [0, 0.1) is 11.8 Å². The third-order valence-corrected chi connectivity index (χ3v) is 11.0. The van der Waals surface area contributed by atoms with Gasteiger partial charge in [-0.1, -0.05) is 35.3 Å². The molecule has 8 rings (SSSR count). The fourth-order valence-electron chi connectivity index (χ4n) is 7.00. The molecule has 0 spiro atoms. The van der Waals surface area contributed by atoms with Crippen LogP contribution in [0.25, 0.3) is 0 Å². The van der Waals surface area contributed by atoms with E-state index in [2.05, 4.69) is 0 Å². The lowest BCUT2D eigenvalue weighted by atomic mass is 9.88. The summed E-state index contributed by atoms with van der Waals surface area (Å²) in [6, 6.07) is 17.8. The van der Waals surface area contributed by atoms with Gasteiger partial charge in [0.05, 0.1) is 35.3 Å². The van der Waals surface area contributed by atoms with E-state index < -0.39 is 36.0 Å². The van der Waals surface area contributed by atoms with Gasteiger partial charge in [0.1, 0.15) is 12.1 Å². The topological polar surface area (TPSA) is 81.2 Å². The Morgan fingerprint density at radius 1 is 0.500 bits per heavy atom. The Morgan fingerprint density at radius 2 is 0.881 bits per heavy atom. The van der Waals surface area contributed by atoms with Crippen molar-refractivity contribution in [2.75, 3.05) is 9.80 Å². The highest BCUT2D eigenvalue weighted by Gasteiger charge is 2.74. The third kappa shape index (κ3) is 3.54. The smallest absolute Gasteiger partial charge is 0.253 e. The molecule has 4 amide bonds. The largest absolute Gasteiger partial charge is 0.274 e. The minimum absolute atomic E-state index is 0.340. The molecule has 42 heavy (non-hydrogen) atoms. The molecule has 6 heterocycles. The van der Waals surface area contributed by atoms with Gasteiger partial charge in [-0.05, 0) is 71.4 Å². The average Bonchev–Trinajstić information content (AvgIpc) is 3.81. The first-order chi connectivity index (χ1) is 20.4. The summed E-state index contributed by atoms with van der Waals surface area (Å²) in [5.74, 6) is -2.99. The fourth-order valence-corrected chi connectivity index (χ4v) is 8.98. The number of carbonyl (C=O) groups is 4. The molecule has 4 fully saturated rings. The van der Waals surface area contributed by atoms with Gasteiger partial charge in [0.15, 0.2) is 0 Å². The van der Waals surface area contributed by atoms with Crippen molar-refractivity contribution in [3.05, 3.63) is 103 Å². The van der Waals surface area contributed by atoms with Crippen molar-refractivity contribution in [1.29, 1.82) is 0 Å². The molecule has 0 saturated carbocycles. The van der Waals surface area contributed by atoms with Gasteiger partial charge in [-0.3, -0.25) is 19.2 Å². The van der Waals surface area contributed by atoms with E-state index in [1.165, 1.54) is 32.5 Å². The van der Waals surface area contributed by atoms with Crippen LogP contribution in [0.2, 0.25) is 10.0 Å². The predicted molar refractivity (Wildman–Crippen MR) is 160 cm³/mol. The zero-order valence-electron chi connectivity index (χ0n) is 21.5. The van der Waals surface area contributed by atoms with Crippen LogP contribution >= 0.6 is 45.9 Å². The molecule has 2 aromatic carbocycles. The number of fused-ring (bicyclic) bond motifs is 5. The molecular weight excluding hydrogens is 615 g/mol. The first-order valence-corrected chi connectivity index (χ1v) is 15.8. The molecule has 0 bridgehead atoms. The molecule has 4 saturated heterocycles. The number of carbonyl (C=O) groups excluding carboxylic acids is 4. The van der Waals surface area contributed by atoms with Crippen LogP contribution in [-0.4, -0.2) is 45.7 Å². The maximum absolute atomic E-state index is 14.3. The van der Waals surface area contributed by atoms with Crippen molar-refractivity contribution < 1.29 is 19.2 Å². The number of rotatable bonds is 4. The van der Waals surface area contributed by atoms with Crippen molar-refractivity contribution in [3.63, 3.8) is 0 Å². The summed E-state index contributed by atoms with van der Waals surface area (Å²) >= 11 is 15.1. The van der Waals surface area contributed by atoms with Crippen molar-refractivity contribution in [1.82, 2.24) is 10.0 Å². The molecule has 12 heteroatoms. The highest BCUT2D eigenvalue weighted by Crippen LogP contribution is 2.60. The number of amides is 4. The summed E-state index contributed by atoms with van der Waals surface area (Å²) in [5.41, 5.74) is 0.877. The Kier molecular flexibility index (Phi) is 5.98. The molecule has 210 valence electrons. The SMILES string of the molecule is O=C1[C@H]2[C@@H](c3cccs3)N3[C@H]4C(=O)N(c5ccc(Cl)cc5)C(=O)[C@H]4[C@@H](c4cccs4)N3[C@H]2C(=O)N1c1ccc(Cl)cc1. The van der Waals surface area contributed by atoms with Gasteiger partial charge < -0.3 is 0 Å². The van der Waals surface area contributed by atoms with E-state index in [-0.39, 0.29) is 23.6 Å². The van der Waals surface area contributed by atoms with Crippen LogP contribution in [0.15, 0.2) is 83.6 Å². The van der Waals surface area contributed by atoms with Gasteiger partial charge in [0.2, 0.25) is 11.8 Å². The summed E-state index contributed by atoms with van der Waals surface area (Å²) in [5, 5.41) is 8.57. The van der Waals surface area contributed by atoms with Gasteiger partial charge in [0, 0.05) is 19.8 Å². The molecule has 0 radical (unpaired) electrons.